The molecule has 0 saturated carbocycles. The molecule has 1 atom stereocenters. The van der Waals surface area contributed by atoms with Crippen LogP contribution in [0.1, 0.15) is 44.6 Å². The lowest BCUT2D eigenvalue weighted by atomic mass is 9.95. The molecule has 1 aromatic carbocycles. The zero-order valence-electron chi connectivity index (χ0n) is 15.7. The van der Waals surface area contributed by atoms with Crippen molar-refractivity contribution in [2.45, 2.75) is 45.6 Å². The fourth-order valence-corrected chi connectivity index (χ4v) is 3.86. The summed E-state index contributed by atoms with van der Waals surface area (Å²) in [5.74, 6) is 1.06. The van der Waals surface area contributed by atoms with Gasteiger partial charge in [0.05, 0.1) is 0 Å². The monoisotopic (exact) mass is 358 g/mol. The Labute approximate surface area is 156 Å². The van der Waals surface area contributed by atoms with E-state index in [1.165, 1.54) is 6.42 Å². The highest BCUT2D eigenvalue weighted by Crippen LogP contribution is 2.23. The number of piperidine rings is 1. The third-order valence-electron chi connectivity index (χ3n) is 5.64. The molecule has 2 fully saturated rings. The molecule has 0 spiro atoms. The van der Waals surface area contributed by atoms with Crippen LogP contribution in [0.25, 0.3) is 0 Å². The molecule has 5 nitrogen and oxygen atoms in total. The van der Waals surface area contributed by atoms with E-state index < -0.39 is 0 Å². The summed E-state index contributed by atoms with van der Waals surface area (Å²) in [5.41, 5.74) is 0.987. The topological polar surface area (TPSA) is 49.9 Å². The van der Waals surface area contributed by atoms with Crippen molar-refractivity contribution in [2.75, 3.05) is 26.2 Å². The Morgan fingerprint density at radius 3 is 2.38 bits per heavy atom. The first-order valence-electron chi connectivity index (χ1n) is 9.88. The maximum absolute atomic E-state index is 12.8. The normalized spacial score (nSPS) is 22.0. The highest BCUT2D eigenvalue weighted by molar-refractivity contribution is 5.79. The average molecular weight is 358 g/mol. The van der Waals surface area contributed by atoms with Crippen molar-refractivity contribution < 1.29 is 14.3 Å². The van der Waals surface area contributed by atoms with Crippen LogP contribution >= 0.6 is 0 Å². The van der Waals surface area contributed by atoms with Crippen LogP contribution in [0, 0.1) is 11.8 Å². The molecule has 1 aromatic rings. The second kappa shape index (κ2) is 9.06. The lowest BCUT2D eigenvalue weighted by Gasteiger charge is -2.33. The van der Waals surface area contributed by atoms with E-state index in [0.717, 1.165) is 44.3 Å². The molecule has 0 aromatic heterocycles. The summed E-state index contributed by atoms with van der Waals surface area (Å²) in [6.45, 7) is 5.56. The van der Waals surface area contributed by atoms with E-state index in [4.69, 9.17) is 4.74 Å². The number of rotatable bonds is 3. The van der Waals surface area contributed by atoms with Gasteiger partial charge in [0.1, 0.15) is 6.61 Å². The minimum Gasteiger partial charge on any atom is -0.445 e. The number of likely N-dealkylation sites (tertiary alicyclic amines) is 2. The summed E-state index contributed by atoms with van der Waals surface area (Å²) >= 11 is 0. The van der Waals surface area contributed by atoms with Gasteiger partial charge in [-0.25, -0.2) is 4.79 Å². The van der Waals surface area contributed by atoms with Gasteiger partial charge in [-0.15, -0.1) is 0 Å². The maximum atomic E-state index is 12.8. The average Bonchev–Trinajstić information content (AvgIpc) is 2.91. The van der Waals surface area contributed by atoms with Crippen molar-refractivity contribution in [3.05, 3.63) is 35.9 Å². The summed E-state index contributed by atoms with van der Waals surface area (Å²) in [4.78, 5) is 28.8. The second-order valence-corrected chi connectivity index (χ2v) is 7.66. The van der Waals surface area contributed by atoms with Crippen LogP contribution in [0.5, 0.6) is 0 Å². The quantitative estimate of drug-likeness (QED) is 0.828. The minimum atomic E-state index is -0.275. The van der Waals surface area contributed by atoms with Crippen molar-refractivity contribution in [3.8, 4) is 0 Å². The van der Waals surface area contributed by atoms with Crippen LogP contribution in [0.4, 0.5) is 4.79 Å². The molecule has 2 aliphatic rings. The van der Waals surface area contributed by atoms with E-state index in [0.29, 0.717) is 25.6 Å². The van der Waals surface area contributed by atoms with Crippen LogP contribution < -0.4 is 0 Å². The van der Waals surface area contributed by atoms with Crippen molar-refractivity contribution >= 4 is 12.0 Å². The Bertz CT molecular complexity index is 597. The van der Waals surface area contributed by atoms with Gasteiger partial charge in [-0.3, -0.25) is 4.79 Å². The Hall–Kier alpha value is -2.04. The highest BCUT2D eigenvalue weighted by atomic mass is 16.6. The first-order chi connectivity index (χ1) is 12.6. The molecule has 2 aliphatic heterocycles. The van der Waals surface area contributed by atoms with E-state index in [-0.39, 0.29) is 17.9 Å². The van der Waals surface area contributed by atoms with Gasteiger partial charge in [0.25, 0.3) is 0 Å². The van der Waals surface area contributed by atoms with Crippen molar-refractivity contribution in [1.29, 1.82) is 0 Å². The zero-order chi connectivity index (χ0) is 18.4. The van der Waals surface area contributed by atoms with E-state index >= 15 is 0 Å². The predicted octanol–water partition coefficient (Wildman–Crippen LogP) is 3.68. The van der Waals surface area contributed by atoms with Crippen LogP contribution in [-0.2, 0) is 16.1 Å². The Balaban J connectivity index is 1.43. The van der Waals surface area contributed by atoms with E-state index in [1.807, 2.05) is 30.3 Å². The molecule has 142 valence electrons. The Morgan fingerprint density at radius 1 is 0.962 bits per heavy atom. The Morgan fingerprint density at radius 2 is 1.65 bits per heavy atom. The molecule has 2 saturated heterocycles. The summed E-state index contributed by atoms with van der Waals surface area (Å²) in [6, 6.07) is 9.70. The molecule has 1 unspecified atom stereocenters. The molecule has 2 amide bonds. The number of amides is 2. The molecule has 2 heterocycles. The SMILES string of the molecule is CC1CCCN(C(=O)C2CCN(C(=O)OCc3ccccc3)CC2)CC1. The molecule has 26 heavy (non-hydrogen) atoms. The first-order valence-corrected chi connectivity index (χ1v) is 9.88. The maximum Gasteiger partial charge on any atom is 0.410 e. The predicted molar refractivity (Wildman–Crippen MR) is 101 cm³/mol. The van der Waals surface area contributed by atoms with E-state index in [1.54, 1.807) is 4.90 Å². The largest absolute Gasteiger partial charge is 0.445 e. The van der Waals surface area contributed by atoms with Crippen LogP contribution in [0.2, 0.25) is 0 Å². The zero-order valence-corrected chi connectivity index (χ0v) is 15.7. The molecule has 0 aliphatic carbocycles. The summed E-state index contributed by atoms with van der Waals surface area (Å²) in [6.07, 6.45) is 4.64. The van der Waals surface area contributed by atoms with Gasteiger partial charge in [0.2, 0.25) is 5.91 Å². The van der Waals surface area contributed by atoms with Gasteiger partial charge >= 0.3 is 6.09 Å². The van der Waals surface area contributed by atoms with Crippen molar-refractivity contribution in [3.63, 3.8) is 0 Å². The second-order valence-electron chi connectivity index (χ2n) is 7.66. The molecule has 0 bridgehead atoms. The fraction of sp³-hybridized carbons (Fsp3) is 0.619. The van der Waals surface area contributed by atoms with E-state index in [2.05, 4.69) is 11.8 Å². The van der Waals surface area contributed by atoms with E-state index in [9.17, 15) is 9.59 Å². The first kappa shape index (κ1) is 18.7. The molecular weight excluding hydrogens is 328 g/mol. The molecule has 0 radical (unpaired) electrons. The van der Waals surface area contributed by atoms with Crippen LogP contribution in [0.15, 0.2) is 30.3 Å². The lowest BCUT2D eigenvalue weighted by Crippen LogP contribution is -2.44. The van der Waals surface area contributed by atoms with Gasteiger partial charge in [0.15, 0.2) is 0 Å². The summed E-state index contributed by atoms with van der Waals surface area (Å²) in [7, 11) is 0. The van der Waals surface area contributed by atoms with Gasteiger partial charge in [-0.05, 0) is 43.6 Å². The third-order valence-corrected chi connectivity index (χ3v) is 5.64. The number of nitrogens with zero attached hydrogens (tertiary/aromatic N) is 2. The minimum absolute atomic E-state index is 0.0570. The summed E-state index contributed by atoms with van der Waals surface area (Å²) in [5, 5.41) is 0. The van der Waals surface area contributed by atoms with Crippen LogP contribution in [-0.4, -0.2) is 48.0 Å². The van der Waals surface area contributed by atoms with Gasteiger partial charge in [-0.1, -0.05) is 37.3 Å². The number of hydrogen-bond donors (Lipinski definition) is 0. The lowest BCUT2D eigenvalue weighted by molar-refractivity contribution is -0.137. The van der Waals surface area contributed by atoms with Gasteiger partial charge < -0.3 is 14.5 Å². The highest BCUT2D eigenvalue weighted by Gasteiger charge is 2.31. The number of carbonyl (C=O) groups is 2. The molecule has 5 heteroatoms. The standard InChI is InChI=1S/C21H30N2O3/c1-17-6-5-12-22(13-9-17)20(24)19-10-14-23(15-11-19)21(25)26-16-18-7-3-2-4-8-18/h2-4,7-8,17,19H,5-6,9-16H2,1H3. The molecule has 3 rings (SSSR count). The Kier molecular flexibility index (Phi) is 6.53. The van der Waals surface area contributed by atoms with Crippen molar-refractivity contribution in [1.82, 2.24) is 9.80 Å². The van der Waals surface area contributed by atoms with Gasteiger partial charge in [-0.2, -0.15) is 0 Å². The third kappa shape index (κ3) is 4.99. The summed E-state index contributed by atoms with van der Waals surface area (Å²) < 4.78 is 5.40. The number of ether oxygens (including phenoxy) is 1. The van der Waals surface area contributed by atoms with Crippen molar-refractivity contribution in [2.24, 2.45) is 11.8 Å². The smallest absolute Gasteiger partial charge is 0.410 e. The molecular formula is C21H30N2O3. The number of carbonyl (C=O) groups excluding carboxylic acids is 2. The number of hydrogen-bond acceptors (Lipinski definition) is 3. The number of benzene rings is 1. The van der Waals surface area contributed by atoms with Gasteiger partial charge in [0, 0.05) is 32.1 Å². The molecule has 0 N–H and O–H groups in total. The fourth-order valence-electron chi connectivity index (χ4n) is 3.86. The van der Waals surface area contributed by atoms with Crippen LogP contribution in [0.3, 0.4) is 0 Å².